The van der Waals surface area contributed by atoms with E-state index in [1.165, 1.54) is 34.6 Å². The first-order chi connectivity index (χ1) is 17.6. The predicted octanol–water partition coefficient (Wildman–Crippen LogP) is 3.46. The number of benzene rings is 3. The van der Waals surface area contributed by atoms with Gasteiger partial charge in [0.25, 0.3) is 5.91 Å². The lowest BCUT2D eigenvalue weighted by atomic mass is 10.2. The fourth-order valence-corrected chi connectivity index (χ4v) is 7.22. The summed E-state index contributed by atoms with van der Waals surface area (Å²) in [5.74, 6) is -0.506. The number of anilines is 2. The van der Waals surface area contributed by atoms with Crippen molar-refractivity contribution in [2.24, 2.45) is 0 Å². The Balaban J connectivity index is 1.30. The third-order valence-electron chi connectivity index (χ3n) is 6.10. The van der Waals surface area contributed by atoms with E-state index in [1.807, 2.05) is 30.3 Å². The van der Waals surface area contributed by atoms with Gasteiger partial charge in [-0.15, -0.1) is 0 Å². The van der Waals surface area contributed by atoms with Gasteiger partial charge in [0.15, 0.2) is 15.0 Å². The second-order valence-corrected chi connectivity index (χ2v) is 13.6. The Labute approximate surface area is 219 Å². The first kappa shape index (κ1) is 25.3. The van der Waals surface area contributed by atoms with Crippen molar-refractivity contribution < 1.29 is 21.6 Å². The van der Waals surface area contributed by atoms with Gasteiger partial charge in [-0.3, -0.25) is 10.1 Å². The van der Waals surface area contributed by atoms with E-state index < -0.39 is 25.8 Å². The quantitative estimate of drug-likeness (QED) is 0.387. The summed E-state index contributed by atoms with van der Waals surface area (Å²) >= 11 is 1.14. The Kier molecular flexibility index (Phi) is 6.75. The molecular formula is C25H24N4O5S3. The van der Waals surface area contributed by atoms with E-state index in [-0.39, 0.29) is 20.5 Å². The molecular weight excluding hydrogens is 532 g/mol. The highest BCUT2D eigenvalue weighted by Crippen LogP contribution is 2.29. The second kappa shape index (κ2) is 9.86. The van der Waals surface area contributed by atoms with Gasteiger partial charge in [-0.25, -0.2) is 21.8 Å². The molecule has 1 fully saturated rings. The van der Waals surface area contributed by atoms with Crippen LogP contribution >= 0.6 is 11.3 Å². The van der Waals surface area contributed by atoms with Gasteiger partial charge in [0.1, 0.15) is 0 Å². The molecule has 3 aromatic carbocycles. The molecule has 1 aliphatic heterocycles. The largest absolute Gasteiger partial charge is 0.369 e. The van der Waals surface area contributed by atoms with Gasteiger partial charge in [0.2, 0.25) is 10.0 Å². The van der Waals surface area contributed by atoms with Crippen LogP contribution < -0.4 is 10.2 Å². The summed E-state index contributed by atoms with van der Waals surface area (Å²) in [6.45, 7) is 1.83. The molecule has 1 saturated heterocycles. The van der Waals surface area contributed by atoms with E-state index in [1.54, 1.807) is 12.1 Å². The van der Waals surface area contributed by atoms with Gasteiger partial charge in [0, 0.05) is 43.7 Å². The summed E-state index contributed by atoms with van der Waals surface area (Å²) in [7, 11) is -7.15. The summed E-state index contributed by atoms with van der Waals surface area (Å²) in [6, 6.07) is 20.4. The average molecular weight is 557 g/mol. The van der Waals surface area contributed by atoms with Crippen molar-refractivity contribution in [1.29, 1.82) is 0 Å². The number of carbonyl (C=O) groups is 1. The molecule has 1 amide bonds. The lowest BCUT2D eigenvalue weighted by molar-refractivity contribution is 0.102. The Morgan fingerprint density at radius 1 is 0.865 bits per heavy atom. The molecule has 1 aromatic heterocycles. The van der Waals surface area contributed by atoms with Crippen LogP contribution in [0.4, 0.5) is 10.8 Å². The van der Waals surface area contributed by atoms with Gasteiger partial charge in [-0.05, 0) is 48.5 Å². The van der Waals surface area contributed by atoms with Crippen molar-refractivity contribution in [2.75, 3.05) is 42.7 Å². The number of hydrogen-bond acceptors (Lipinski definition) is 8. The lowest BCUT2D eigenvalue weighted by Crippen LogP contribution is -2.48. The molecule has 0 saturated carbocycles. The zero-order valence-corrected chi connectivity index (χ0v) is 22.3. The molecule has 1 N–H and O–H groups in total. The number of fused-ring (bicyclic) bond motifs is 1. The third-order valence-corrected chi connectivity index (χ3v) is 10.0. The molecule has 4 aromatic rings. The highest BCUT2D eigenvalue weighted by molar-refractivity contribution is 7.90. The monoisotopic (exact) mass is 556 g/mol. The number of hydrogen-bond donors (Lipinski definition) is 1. The smallest absolute Gasteiger partial charge is 0.257 e. The molecule has 5 rings (SSSR count). The zero-order chi connectivity index (χ0) is 26.2. The zero-order valence-electron chi connectivity index (χ0n) is 19.9. The number of amides is 1. The van der Waals surface area contributed by atoms with Gasteiger partial charge in [-0.2, -0.15) is 4.31 Å². The number of nitrogens with zero attached hydrogens (tertiary/aromatic N) is 3. The van der Waals surface area contributed by atoms with Crippen molar-refractivity contribution in [1.82, 2.24) is 9.29 Å². The number of para-hydroxylation sites is 1. The van der Waals surface area contributed by atoms with Crippen LogP contribution in [0.3, 0.4) is 0 Å². The van der Waals surface area contributed by atoms with Gasteiger partial charge in [-0.1, -0.05) is 35.6 Å². The van der Waals surface area contributed by atoms with Crippen LogP contribution in [0.15, 0.2) is 82.6 Å². The second-order valence-electron chi connectivity index (χ2n) is 8.63. The minimum absolute atomic E-state index is 0.0513. The van der Waals surface area contributed by atoms with Crippen LogP contribution in [0.25, 0.3) is 10.2 Å². The number of carbonyl (C=O) groups excluding carboxylic acids is 1. The first-order valence-corrected chi connectivity index (χ1v) is 15.6. The van der Waals surface area contributed by atoms with Gasteiger partial charge in [0.05, 0.1) is 20.0 Å². The third kappa shape index (κ3) is 5.37. The Hall–Kier alpha value is -3.32. The van der Waals surface area contributed by atoms with Crippen LogP contribution in [0.2, 0.25) is 0 Å². The molecule has 37 heavy (non-hydrogen) atoms. The minimum Gasteiger partial charge on any atom is -0.369 e. The molecule has 0 unspecified atom stereocenters. The van der Waals surface area contributed by atoms with E-state index >= 15 is 0 Å². The Morgan fingerprint density at radius 2 is 1.59 bits per heavy atom. The van der Waals surface area contributed by atoms with Crippen molar-refractivity contribution in [3.63, 3.8) is 0 Å². The predicted molar refractivity (Wildman–Crippen MR) is 145 cm³/mol. The molecule has 2 heterocycles. The molecule has 0 aliphatic carbocycles. The fraction of sp³-hybridized carbons (Fsp3) is 0.200. The number of thiazole rings is 1. The van der Waals surface area contributed by atoms with E-state index in [9.17, 15) is 21.6 Å². The lowest BCUT2D eigenvalue weighted by Gasteiger charge is -2.35. The summed E-state index contributed by atoms with van der Waals surface area (Å²) < 4.78 is 52.3. The maximum absolute atomic E-state index is 13.3. The van der Waals surface area contributed by atoms with Crippen LogP contribution in [-0.4, -0.2) is 64.5 Å². The molecule has 0 atom stereocenters. The molecule has 9 nitrogen and oxygen atoms in total. The molecule has 12 heteroatoms. The first-order valence-electron chi connectivity index (χ1n) is 11.4. The standard InChI is InChI=1S/C25H24N4O5S3/c1-36(31,32)20-10-11-22-23(17-20)35-25(26-22)27-24(30)18-6-5-9-21(16-18)37(33,34)29-14-12-28(13-15-29)19-7-3-2-4-8-19/h2-11,16-17H,12-15H2,1H3,(H,26,27,30). The van der Waals surface area contributed by atoms with Crippen LogP contribution in [0.1, 0.15) is 10.4 Å². The van der Waals surface area contributed by atoms with E-state index in [0.717, 1.165) is 23.3 Å². The highest BCUT2D eigenvalue weighted by atomic mass is 32.2. The number of nitrogens with one attached hydrogen (secondary N) is 1. The SMILES string of the molecule is CS(=O)(=O)c1ccc2nc(NC(=O)c3cccc(S(=O)(=O)N4CCN(c5ccccc5)CC4)c3)sc2c1. The summed E-state index contributed by atoms with van der Waals surface area (Å²) in [4.78, 5) is 19.6. The fourth-order valence-electron chi connectivity index (χ4n) is 4.13. The van der Waals surface area contributed by atoms with Crippen molar-refractivity contribution in [3.05, 3.63) is 78.4 Å². The number of rotatable bonds is 6. The number of sulfone groups is 1. The maximum atomic E-state index is 13.3. The molecule has 0 bridgehead atoms. The van der Waals surface area contributed by atoms with Crippen LogP contribution in [0.5, 0.6) is 0 Å². The molecule has 1 aliphatic rings. The van der Waals surface area contributed by atoms with E-state index in [2.05, 4.69) is 15.2 Å². The van der Waals surface area contributed by atoms with Gasteiger partial charge < -0.3 is 4.90 Å². The highest BCUT2D eigenvalue weighted by Gasteiger charge is 2.29. The molecule has 0 spiro atoms. The number of sulfonamides is 1. The number of piperazine rings is 1. The average Bonchev–Trinajstić information content (AvgIpc) is 3.30. The maximum Gasteiger partial charge on any atom is 0.257 e. The van der Waals surface area contributed by atoms with Crippen LogP contribution in [0, 0.1) is 0 Å². The van der Waals surface area contributed by atoms with Crippen molar-refractivity contribution in [3.8, 4) is 0 Å². The molecule has 0 radical (unpaired) electrons. The summed E-state index contributed by atoms with van der Waals surface area (Å²) in [5.41, 5.74) is 1.79. The minimum atomic E-state index is -3.78. The van der Waals surface area contributed by atoms with Crippen molar-refractivity contribution in [2.45, 2.75) is 9.79 Å². The van der Waals surface area contributed by atoms with E-state index in [4.69, 9.17) is 0 Å². The van der Waals surface area contributed by atoms with E-state index in [0.29, 0.717) is 36.4 Å². The van der Waals surface area contributed by atoms with Crippen LogP contribution in [-0.2, 0) is 19.9 Å². The van der Waals surface area contributed by atoms with Gasteiger partial charge >= 0.3 is 0 Å². The van der Waals surface area contributed by atoms with Crippen molar-refractivity contribution >= 4 is 58.1 Å². The molecule has 192 valence electrons. The topological polar surface area (TPSA) is 117 Å². The number of aromatic nitrogens is 1. The summed E-state index contributed by atoms with van der Waals surface area (Å²) in [6.07, 6.45) is 1.13. The normalized spacial score (nSPS) is 15.1. The summed E-state index contributed by atoms with van der Waals surface area (Å²) in [5, 5.41) is 2.98. The Morgan fingerprint density at radius 3 is 2.30 bits per heavy atom. The Bertz CT molecular complexity index is 1680.